The van der Waals surface area contributed by atoms with E-state index in [0.29, 0.717) is 44.8 Å². The van der Waals surface area contributed by atoms with E-state index in [1.165, 1.54) is 24.3 Å². The van der Waals surface area contributed by atoms with Crippen LogP contribution in [0.25, 0.3) is 0 Å². The molecule has 1 fully saturated rings. The number of nitrogens with one attached hydrogen (secondary N) is 2. The Morgan fingerprint density at radius 3 is 2.40 bits per heavy atom. The Hall–Kier alpha value is -2.01. The van der Waals surface area contributed by atoms with E-state index in [1.54, 1.807) is 0 Å². The van der Waals surface area contributed by atoms with Gasteiger partial charge in [-0.25, -0.2) is 13.6 Å². The minimum Gasteiger partial charge on any atom is -0.379 e. The van der Waals surface area contributed by atoms with Crippen molar-refractivity contribution in [1.29, 1.82) is 0 Å². The quantitative estimate of drug-likeness (QED) is 0.464. The molecule has 1 heterocycles. The van der Waals surface area contributed by atoms with Crippen LogP contribution in [0, 0.1) is 5.92 Å². The minimum atomic E-state index is -3.76. The second-order valence-electron chi connectivity index (χ2n) is 7.73. The Labute approximate surface area is 178 Å². The number of likely N-dealkylation sites (tertiary alicyclic amines) is 1. The summed E-state index contributed by atoms with van der Waals surface area (Å²) in [6.45, 7) is 6.78. The van der Waals surface area contributed by atoms with Crippen molar-refractivity contribution in [3.8, 4) is 0 Å². The first kappa shape index (κ1) is 24.3. The molecule has 1 aliphatic rings. The summed E-state index contributed by atoms with van der Waals surface area (Å²) in [5.74, 6) is -0.147. The second-order valence-corrected chi connectivity index (χ2v) is 9.29. The van der Waals surface area contributed by atoms with Gasteiger partial charge in [0.1, 0.15) is 0 Å². The van der Waals surface area contributed by atoms with Crippen LogP contribution in [0.2, 0.25) is 0 Å². The minimum absolute atomic E-state index is 0.00621. The summed E-state index contributed by atoms with van der Waals surface area (Å²) in [5.41, 5.74) is 0.503. The van der Waals surface area contributed by atoms with E-state index in [1.807, 2.05) is 18.7 Å². The lowest BCUT2D eigenvalue weighted by atomic mass is 9.96. The second kappa shape index (κ2) is 11.4. The van der Waals surface area contributed by atoms with Crippen LogP contribution >= 0.6 is 0 Å². The number of nitrogens with two attached hydrogens (primary N) is 1. The Bertz CT molecular complexity index is 803. The average molecular weight is 441 g/mol. The summed E-state index contributed by atoms with van der Waals surface area (Å²) in [4.78, 5) is 26.5. The Kier molecular flexibility index (Phi) is 9.22. The fraction of sp³-hybridized carbons (Fsp3) is 0.600. The zero-order chi connectivity index (χ0) is 22.1. The molecule has 0 aliphatic carbocycles. The third kappa shape index (κ3) is 8.39. The molecular weight excluding hydrogens is 408 g/mol. The summed E-state index contributed by atoms with van der Waals surface area (Å²) in [5, 5.41) is 10.8. The zero-order valence-electron chi connectivity index (χ0n) is 17.6. The first-order valence-corrected chi connectivity index (χ1v) is 11.7. The van der Waals surface area contributed by atoms with E-state index < -0.39 is 10.0 Å². The van der Waals surface area contributed by atoms with Gasteiger partial charge in [-0.2, -0.15) is 0 Å². The molecule has 9 nitrogen and oxygen atoms in total. The summed E-state index contributed by atoms with van der Waals surface area (Å²) < 4.78 is 28.0. The fourth-order valence-corrected chi connectivity index (χ4v) is 3.75. The van der Waals surface area contributed by atoms with Crippen LogP contribution in [0.4, 0.5) is 5.69 Å². The van der Waals surface area contributed by atoms with Crippen LogP contribution in [0.5, 0.6) is 0 Å². The van der Waals surface area contributed by atoms with Gasteiger partial charge in [-0.05, 0) is 70.5 Å². The highest BCUT2D eigenvalue weighted by Gasteiger charge is 2.25. The standard InChI is InChI=1S/C20H32N4O5S/c1-15(2)29-13-3-10-22-20(26)16-8-11-24(12-9-16)14-19(25)23-17-4-6-18(7-5-17)30(21,27)28/h4-7,15-16H,3,8-14H2,1-2H3,(H,22,26)(H,23,25)(H2,21,27,28). The highest BCUT2D eigenvalue weighted by atomic mass is 32.2. The predicted molar refractivity (Wildman–Crippen MR) is 114 cm³/mol. The Morgan fingerprint density at radius 2 is 1.83 bits per heavy atom. The van der Waals surface area contributed by atoms with E-state index >= 15 is 0 Å². The van der Waals surface area contributed by atoms with Crippen LogP contribution in [0.3, 0.4) is 0 Å². The molecule has 168 valence electrons. The molecule has 0 bridgehead atoms. The van der Waals surface area contributed by atoms with Gasteiger partial charge in [-0.1, -0.05) is 0 Å². The van der Waals surface area contributed by atoms with Gasteiger partial charge < -0.3 is 15.4 Å². The highest BCUT2D eigenvalue weighted by Crippen LogP contribution is 2.18. The molecule has 0 saturated carbocycles. The van der Waals surface area contributed by atoms with E-state index in [4.69, 9.17) is 9.88 Å². The lowest BCUT2D eigenvalue weighted by Crippen LogP contribution is -2.43. The van der Waals surface area contributed by atoms with Gasteiger partial charge in [-0.3, -0.25) is 14.5 Å². The van der Waals surface area contributed by atoms with Crippen molar-refractivity contribution in [3.63, 3.8) is 0 Å². The molecule has 1 aliphatic heterocycles. The molecule has 0 aromatic heterocycles. The highest BCUT2D eigenvalue weighted by molar-refractivity contribution is 7.89. The monoisotopic (exact) mass is 440 g/mol. The normalized spacial score (nSPS) is 15.9. The number of primary sulfonamides is 1. The fourth-order valence-electron chi connectivity index (χ4n) is 3.23. The number of hydrogen-bond donors (Lipinski definition) is 3. The van der Waals surface area contributed by atoms with Gasteiger partial charge in [0.25, 0.3) is 0 Å². The topological polar surface area (TPSA) is 131 Å². The van der Waals surface area contributed by atoms with Crippen molar-refractivity contribution in [2.75, 3.05) is 38.1 Å². The first-order valence-electron chi connectivity index (χ1n) is 10.2. The summed E-state index contributed by atoms with van der Waals surface area (Å²) in [7, 11) is -3.76. The molecule has 0 atom stereocenters. The maximum Gasteiger partial charge on any atom is 0.238 e. The zero-order valence-corrected chi connectivity index (χ0v) is 18.4. The van der Waals surface area contributed by atoms with Crippen LogP contribution in [-0.4, -0.2) is 64.0 Å². The smallest absolute Gasteiger partial charge is 0.238 e. The summed E-state index contributed by atoms with van der Waals surface area (Å²) in [6, 6.07) is 5.70. The molecule has 0 spiro atoms. The van der Waals surface area contributed by atoms with Gasteiger partial charge in [0.15, 0.2) is 0 Å². The summed E-state index contributed by atoms with van der Waals surface area (Å²) >= 11 is 0. The largest absolute Gasteiger partial charge is 0.379 e. The number of carbonyl (C=O) groups excluding carboxylic acids is 2. The number of anilines is 1. The molecule has 10 heteroatoms. The van der Waals surface area contributed by atoms with Crippen LogP contribution in [0.1, 0.15) is 33.1 Å². The average Bonchev–Trinajstić information content (AvgIpc) is 2.67. The number of carbonyl (C=O) groups is 2. The van der Waals surface area contributed by atoms with Crippen molar-refractivity contribution in [3.05, 3.63) is 24.3 Å². The number of nitrogens with zero attached hydrogens (tertiary/aromatic N) is 1. The number of hydrogen-bond acceptors (Lipinski definition) is 6. The van der Waals surface area contributed by atoms with E-state index in [-0.39, 0.29) is 35.3 Å². The summed E-state index contributed by atoms with van der Waals surface area (Å²) in [6.07, 6.45) is 2.42. The van der Waals surface area contributed by atoms with Crippen LogP contribution < -0.4 is 15.8 Å². The molecule has 1 aromatic rings. The molecule has 4 N–H and O–H groups in total. The van der Waals surface area contributed by atoms with Gasteiger partial charge in [-0.15, -0.1) is 0 Å². The number of rotatable bonds is 10. The molecule has 1 saturated heterocycles. The molecule has 0 radical (unpaired) electrons. The molecular formula is C20H32N4O5S. The number of sulfonamides is 1. The van der Waals surface area contributed by atoms with Gasteiger partial charge >= 0.3 is 0 Å². The molecule has 2 amide bonds. The lowest BCUT2D eigenvalue weighted by molar-refractivity contribution is -0.126. The van der Waals surface area contributed by atoms with Crippen molar-refractivity contribution < 1.29 is 22.7 Å². The Balaban J connectivity index is 1.67. The Morgan fingerprint density at radius 1 is 1.20 bits per heavy atom. The van der Waals surface area contributed by atoms with Crippen molar-refractivity contribution >= 4 is 27.5 Å². The van der Waals surface area contributed by atoms with Crippen LogP contribution in [-0.2, 0) is 24.3 Å². The maximum atomic E-state index is 12.3. The number of benzene rings is 1. The van der Waals surface area contributed by atoms with Gasteiger partial charge in [0, 0.05) is 24.8 Å². The van der Waals surface area contributed by atoms with Crippen molar-refractivity contribution in [2.45, 2.75) is 44.1 Å². The van der Waals surface area contributed by atoms with Crippen LogP contribution in [0.15, 0.2) is 29.2 Å². The lowest BCUT2D eigenvalue weighted by Gasteiger charge is -2.30. The number of amides is 2. The number of ether oxygens (including phenoxy) is 1. The van der Waals surface area contributed by atoms with Crippen molar-refractivity contribution in [1.82, 2.24) is 10.2 Å². The molecule has 2 rings (SSSR count). The predicted octanol–water partition coefficient (Wildman–Crippen LogP) is 0.916. The molecule has 30 heavy (non-hydrogen) atoms. The SMILES string of the molecule is CC(C)OCCCNC(=O)C1CCN(CC(=O)Nc2ccc(S(N)(=O)=O)cc2)CC1. The van der Waals surface area contributed by atoms with Crippen molar-refractivity contribution in [2.24, 2.45) is 11.1 Å². The van der Waals surface area contributed by atoms with E-state index in [9.17, 15) is 18.0 Å². The third-order valence-electron chi connectivity index (χ3n) is 4.86. The third-order valence-corrected chi connectivity index (χ3v) is 5.79. The van der Waals surface area contributed by atoms with Gasteiger partial charge in [0.2, 0.25) is 21.8 Å². The first-order chi connectivity index (χ1) is 14.1. The van der Waals surface area contributed by atoms with E-state index in [0.717, 1.165) is 6.42 Å². The maximum absolute atomic E-state index is 12.3. The molecule has 0 unspecified atom stereocenters. The number of piperidine rings is 1. The van der Waals surface area contributed by atoms with E-state index in [2.05, 4.69) is 10.6 Å². The molecule has 1 aromatic carbocycles. The van der Waals surface area contributed by atoms with Gasteiger partial charge in [0.05, 0.1) is 17.5 Å².